The Labute approximate surface area is 182 Å². The van der Waals surface area contributed by atoms with Crippen LogP contribution in [0.15, 0.2) is 42.6 Å². The van der Waals surface area contributed by atoms with Crippen LogP contribution in [0.25, 0.3) is 0 Å². The molecule has 1 aliphatic heterocycles. The van der Waals surface area contributed by atoms with Gasteiger partial charge in [-0.25, -0.2) is 9.37 Å². The number of amides is 2. The van der Waals surface area contributed by atoms with Gasteiger partial charge in [-0.15, -0.1) is 0 Å². The number of carbonyl (C=O) groups excluding carboxylic acids is 2. The van der Waals surface area contributed by atoms with E-state index in [1.165, 1.54) is 30.7 Å². The zero-order chi connectivity index (χ0) is 21.6. The van der Waals surface area contributed by atoms with Gasteiger partial charge in [-0.2, -0.15) is 0 Å². The van der Waals surface area contributed by atoms with Crippen LogP contribution >= 0.6 is 0 Å². The lowest BCUT2D eigenvalue weighted by Gasteiger charge is -2.23. The quantitative estimate of drug-likeness (QED) is 0.803. The molecule has 2 fully saturated rings. The summed E-state index contributed by atoms with van der Waals surface area (Å²) in [7, 11) is 0. The number of aromatic nitrogens is 1. The van der Waals surface area contributed by atoms with Crippen LogP contribution in [0.5, 0.6) is 0 Å². The lowest BCUT2D eigenvalue weighted by Crippen LogP contribution is -2.35. The van der Waals surface area contributed by atoms with Crippen LogP contribution < -0.4 is 10.2 Å². The van der Waals surface area contributed by atoms with Gasteiger partial charge in [0.2, 0.25) is 5.91 Å². The standard InChI is InChI=1S/C24H29FN4O2/c25-20-9-7-19(8-10-20)24(31)29-14-4-13-28(15-16-29)22-12-11-21(17-26-22)27-23(30)18-5-2-1-3-6-18/h7-12,17-18H,1-6,13-16H2,(H,27,30). The molecule has 6 nitrogen and oxygen atoms in total. The van der Waals surface area contributed by atoms with Crippen molar-refractivity contribution in [3.8, 4) is 0 Å². The first kappa shape index (κ1) is 21.3. The smallest absolute Gasteiger partial charge is 0.253 e. The Bertz CT molecular complexity index is 895. The first-order chi connectivity index (χ1) is 15.1. The molecule has 1 saturated carbocycles. The number of hydrogen-bond donors (Lipinski definition) is 1. The third-order valence-corrected chi connectivity index (χ3v) is 6.19. The van der Waals surface area contributed by atoms with E-state index < -0.39 is 0 Å². The molecule has 2 heterocycles. The molecule has 1 aromatic heterocycles. The molecular weight excluding hydrogens is 395 g/mol. The van der Waals surface area contributed by atoms with E-state index in [0.29, 0.717) is 25.2 Å². The van der Waals surface area contributed by atoms with E-state index in [1.54, 1.807) is 6.20 Å². The van der Waals surface area contributed by atoms with Crippen LogP contribution in [0.4, 0.5) is 15.9 Å². The Morgan fingerprint density at radius 1 is 0.903 bits per heavy atom. The number of halogens is 1. The summed E-state index contributed by atoms with van der Waals surface area (Å²) in [4.78, 5) is 33.7. The summed E-state index contributed by atoms with van der Waals surface area (Å²) in [6.45, 7) is 2.71. The van der Waals surface area contributed by atoms with E-state index in [2.05, 4.69) is 15.2 Å². The van der Waals surface area contributed by atoms with Crippen LogP contribution in [0.1, 0.15) is 48.9 Å². The van der Waals surface area contributed by atoms with E-state index in [1.807, 2.05) is 17.0 Å². The molecule has 164 valence electrons. The van der Waals surface area contributed by atoms with Crippen molar-refractivity contribution < 1.29 is 14.0 Å². The number of pyridine rings is 1. The van der Waals surface area contributed by atoms with Gasteiger partial charge in [0.1, 0.15) is 11.6 Å². The Morgan fingerprint density at radius 2 is 1.68 bits per heavy atom. The van der Waals surface area contributed by atoms with Gasteiger partial charge < -0.3 is 15.1 Å². The second kappa shape index (κ2) is 9.90. The molecule has 1 aromatic carbocycles. The number of benzene rings is 1. The van der Waals surface area contributed by atoms with E-state index >= 15 is 0 Å². The number of nitrogens with zero attached hydrogens (tertiary/aromatic N) is 3. The van der Waals surface area contributed by atoms with Crippen molar-refractivity contribution in [3.05, 3.63) is 54.0 Å². The first-order valence-electron chi connectivity index (χ1n) is 11.2. The molecule has 1 N–H and O–H groups in total. The highest BCUT2D eigenvalue weighted by molar-refractivity contribution is 5.94. The maximum Gasteiger partial charge on any atom is 0.253 e. The van der Waals surface area contributed by atoms with E-state index in [-0.39, 0.29) is 23.5 Å². The van der Waals surface area contributed by atoms with Gasteiger partial charge in [-0.1, -0.05) is 19.3 Å². The van der Waals surface area contributed by atoms with Crippen molar-refractivity contribution in [2.75, 3.05) is 36.4 Å². The molecular formula is C24H29FN4O2. The monoisotopic (exact) mass is 424 g/mol. The van der Waals surface area contributed by atoms with Gasteiger partial charge in [-0.05, 0) is 55.7 Å². The van der Waals surface area contributed by atoms with Gasteiger partial charge >= 0.3 is 0 Å². The molecule has 0 atom stereocenters. The summed E-state index contributed by atoms with van der Waals surface area (Å²) in [5, 5.41) is 3.00. The molecule has 0 radical (unpaired) electrons. The third kappa shape index (κ3) is 5.40. The van der Waals surface area contributed by atoms with Crippen LogP contribution in [0, 0.1) is 11.7 Å². The number of hydrogen-bond acceptors (Lipinski definition) is 4. The third-order valence-electron chi connectivity index (χ3n) is 6.19. The fourth-order valence-electron chi connectivity index (χ4n) is 4.38. The summed E-state index contributed by atoms with van der Waals surface area (Å²) in [6, 6.07) is 9.51. The zero-order valence-electron chi connectivity index (χ0n) is 17.7. The van der Waals surface area contributed by atoms with Crippen molar-refractivity contribution in [2.45, 2.75) is 38.5 Å². The van der Waals surface area contributed by atoms with Gasteiger partial charge in [-0.3, -0.25) is 9.59 Å². The molecule has 31 heavy (non-hydrogen) atoms. The zero-order valence-corrected chi connectivity index (χ0v) is 17.7. The van der Waals surface area contributed by atoms with Crippen molar-refractivity contribution in [3.63, 3.8) is 0 Å². The van der Waals surface area contributed by atoms with Gasteiger partial charge in [0.25, 0.3) is 5.91 Å². The topological polar surface area (TPSA) is 65.5 Å². The number of anilines is 2. The predicted molar refractivity (Wildman–Crippen MR) is 119 cm³/mol. The van der Waals surface area contributed by atoms with Crippen LogP contribution in [0.3, 0.4) is 0 Å². The highest BCUT2D eigenvalue weighted by Crippen LogP contribution is 2.25. The second-order valence-corrected chi connectivity index (χ2v) is 8.37. The summed E-state index contributed by atoms with van der Waals surface area (Å²) in [5.41, 5.74) is 1.23. The fourth-order valence-corrected chi connectivity index (χ4v) is 4.38. The van der Waals surface area contributed by atoms with Crippen LogP contribution in [-0.4, -0.2) is 47.9 Å². The minimum Gasteiger partial charge on any atom is -0.355 e. The van der Waals surface area contributed by atoms with Crippen molar-refractivity contribution in [1.82, 2.24) is 9.88 Å². The normalized spacial score (nSPS) is 17.8. The van der Waals surface area contributed by atoms with Crippen molar-refractivity contribution in [1.29, 1.82) is 0 Å². The fraction of sp³-hybridized carbons (Fsp3) is 0.458. The Morgan fingerprint density at radius 3 is 2.39 bits per heavy atom. The second-order valence-electron chi connectivity index (χ2n) is 8.37. The maximum absolute atomic E-state index is 13.1. The highest BCUT2D eigenvalue weighted by atomic mass is 19.1. The summed E-state index contributed by atoms with van der Waals surface area (Å²) in [5.74, 6) is 0.632. The van der Waals surface area contributed by atoms with Crippen molar-refractivity contribution in [2.24, 2.45) is 5.92 Å². The molecule has 2 aliphatic rings. The molecule has 2 aromatic rings. The highest BCUT2D eigenvalue weighted by Gasteiger charge is 2.22. The molecule has 1 saturated heterocycles. The number of carbonyl (C=O) groups is 2. The first-order valence-corrected chi connectivity index (χ1v) is 11.2. The van der Waals surface area contributed by atoms with Crippen molar-refractivity contribution >= 4 is 23.3 Å². The Kier molecular flexibility index (Phi) is 6.79. The predicted octanol–water partition coefficient (Wildman–Crippen LogP) is 4.09. The van der Waals surface area contributed by atoms with Gasteiger partial charge in [0.15, 0.2) is 0 Å². The van der Waals surface area contributed by atoms with E-state index in [0.717, 1.165) is 50.2 Å². The maximum atomic E-state index is 13.1. The molecule has 4 rings (SSSR count). The largest absolute Gasteiger partial charge is 0.355 e. The van der Waals surface area contributed by atoms with E-state index in [9.17, 15) is 14.0 Å². The lowest BCUT2D eigenvalue weighted by molar-refractivity contribution is -0.120. The molecule has 0 spiro atoms. The summed E-state index contributed by atoms with van der Waals surface area (Å²) in [6.07, 6.45) is 7.96. The lowest BCUT2D eigenvalue weighted by atomic mass is 9.88. The van der Waals surface area contributed by atoms with E-state index in [4.69, 9.17) is 0 Å². The molecule has 2 amide bonds. The van der Waals surface area contributed by atoms with Crippen LogP contribution in [0.2, 0.25) is 0 Å². The number of nitrogens with one attached hydrogen (secondary N) is 1. The Balaban J connectivity index is 1.33. The molecule has 7 heteroatoms. The average Bonchev–Trinajstić information content (AvgIpc) is 3.06. The molecule has 1 aliphatic carbocycles. The minimum absolute atomic E-state index is 0.0735. The SMILES string of the molecule is O=C(Nc1ccc(N2CCCN(C(=O)c3ccc(F)cc3)CC2)nc1)C1CCCCC1. The van der Waals surface area contributed by atoms with Crippen LogP contribution in [-0.2, 0) is 4.79 Å². The average molecular weight is 425 g/mol. The van der Waals surface area contributed by atoms with Gasteiger partial charge in [0.05, 0.1) is 11.9 Å². The minimum atomic E-state index is -0.344. The summed E-state index contributed by atoms with van der Waals surface area (Å²) < 4.78 is 13.1. The molecule has 0 unspecified atom stereocenters. The summed E-state index contributed by atoms with van der Waals surface area (Å²) >= 11 is 0. The van der Waals surface area contributed by atoms with Gasteiger partial charge in [0, 0.05) is 37.7 Å². The molecule has 0 bridgehead atoms. The number of rotatable bonds is 4. The Hall–Kier alpha value is -2.96.